The van der Waals surface area contributed by atoms with Gasteiger partial charge in [-0.3, -0.25) is 9.69 Å². The number of amides is 1. The zero-order valence-corrected chi connectivity index (χ0v) is 21.4. The lowest BCUT2D eigenvalue weighted by Gasteiger charge is -2.18. The summed E-state index contributed by atoms with van der Waals surface area (Å²) in [5.74, 6) is -0.0985. The fourth-order valence-corrected chi connectivity index (χ4v) is 4.60. The van der Waals surface area contributed by atoms with Gasteiger partial charge in [0.1, 0.15) is 5.75 Å². The third kappa shape index (κ3) is 4.26. The van der Waals surface area contributed by atoms with E-state index < -0.39 is 5.97 Å². The second kappa shape index (κ2) is 9.47. The van der Waals surface area contributed by atoms with Crippen molar-refractivity contribution in [2.45, 2.75) is 27.7 Å². The molecule has 0 bridgehead atoms. The topological polar surface area (TPSA) is 60.8 Å². The molecular formula is C28H27ClN2O4. The zero-order chi connectivity index (χ0) is 25.4. The van der Waals surface area contributed by atoms with Crippen LogP contribution < -0.4 is 9.64 Å². The molecule has 35 heavy (non-hydrogen) atoms. The van der Waals surface area contributed by atoms with Crippen molar-refractivity contribution in [1.82, 2.24) is 4.57 Å². The minimum Gasteiger partial charge on any atom is -0.497 e. The van der Waals surface area contributed by atoms with Crippen molar-refractivity contribution in [3.8, 4) is 11.4 Å². The molecule has 0 fully saturated rings. The van der Waals surface area contributed by atoms with Crippen LogP contribution in [-0.2, 0) is 14.3 Å². The van der Waals surface area contributed by atoms with Crippen LogP contribution >= 0.6 is 11.6 Å². The van der Waals surface area contributed by atoms with Gasteiger partial charge in [-0.25, -0.2) is 4.79 Å². The van der Waals surface area contributed by atoms with E-state index in [1.807, 2.05) is 63.2 Å². The van der Waals surface area contributed by atoms with E-state index in [1.54, 1.807) is 26.2 Å². The molecule has 0 radical (unpaired) electrons. The molecule has 3 aromatic rings. The minimum atomic E-state index is -0.563. The lowest BCUT2D eigenvalue weighted by atomic mass is 10.0. The monoisotopic (exact) mass is 490 g/mol. The molecule has 0 atom stereocenters. The molecule has 0 saturated carbocycles. The molecule has 1 aliphatic rings. The number of nitrogens with zero attached hydrogens (tertiary/aromatic N) is 2. The van der Waals surface area contributed by atoms with Crippen LogP contribution in [0.5, 0.6) is 5.75 Å². The van der Waals surface area contributed by atoms with Gasteiger partial charge in [0, 0.05) is 27.8 Å². The van der Waals surface area contributed by atoms with E-state index in [4.69, 9.17) is 21.1 Å². The molecular weight excluding hydrogens is 464 g/mol. The molecule has 4 rings (SSSR count). The first-order valence-corrected chi connectivity index (χ1v) is 11.5. The fraction of sp³-hybridized carbons (Fsp3) is 0.214. The van der Waals surface area contributed by atoms with Gasteiger partial charge in [0.15, 0.2) is 0 Å². The van der Waals surface area contributed by atoms with E-state index in [-0.39, 0.29) is 17.1 Å². The quantitative estimate of drug-likeness (QED) is 0.328. The highest BCUT2D eigenvalue weighted by atomic mass is 35.5. The largest absolute Gasteiger partial charge is 0.497 e. The van der Waals surface area contributed by atoms with Crippen molar-refractivity contribution in [3.63, 3.8) is 0 Å². The predicted octanol–water partition coefficient (Wildman–Crippen LogP) is 5.94. The number of aryl methyl sites for hydroxylation is 2. The number of benzene rings is 2. The van der Waals surface area contributed by atoms with Gasteiger partial charge < -0.3 is 14.0 Å². The number of halogens is 1. The van der Waals surface area contributed by atoms with Crippen molar-refractivity contribution in [3.05, 3.63) is 92.9 Å². The Morgan fingerprint density at radius 1 is 0.943 bits per heavy atom. The summed E-state index contributed by atoms with van der Waals surface area (Å²) in [6, 6.07) is 15.1. The van der Waals surface area contributed by atoms with Gasteiger partial charge in [-0.1, -0.05) is 17.7 Å². The number of rotatable bonds is 5. The van der Waals surface area contributed by atoms with E-state index in [2.05, 4.69) is 4.57 Å². The first-order valence-electron chi connectivity index (χ1n) is 11.1. The Morgan fingerprint density at radius 3 is 2.20 bits per heavy atom. The molecule has 0 spiro atoms. The van der Waals surface area contributed by atoms with Gasteiger partial charge >= 0.3 is 5.97 Å². The number of carbonyl (C=O) groups excluding carboxylic acids is 2. The molecule has 1 aliphatic heterocycles. The Bertz CT molecular complexity index is 1400. The number of esters is 1. The van der Waals surface area contributed by atoms with E-state index in [1.165, 1.54) is 12.0 Å². The Labute approximate surface area is 210 Å². The van der Waals surface area contributed by atoms with Crippen LogP contribution in [0, 0.1) is 20.8 Å². The van der Waals surface area contributed by atoms with Gasteiger partial charge in [-0.05, 0) is 87.4 Å². The molecule has 0 aliphatic carbocycles. The normalized spacial score (nSPS) is 14.8. The fourth-order valence-electron chi connectivity index (χ4n) is 4.43. The van der Waals surface area contributed by atoms with Crippen LogP contribution in [0.1, 0.15) is 29.4 Å². The van der Waals surface area contributed by atoms with E-state index >= 15 is 0 Å². The summed E-state index contributed by atoms with van der Waals surface area (Å²) >= 11 is 6.33. The number of anilines is 1. The minimum absolute atomic E-state index is 0.239. The van der Waals surface area contributed by atoms with Crippen LogP contribution in [0.3, 0.4) is 0 Å². The van der Waals surface area contributed by atoms with Crippen molar-refractivity contribution in [1.29, 1.82) is 0 Å². The standard InChI is InChI=1S/C28H27ClN2O4/c1-16-7-8-22(15-25(16)29)31-19(4)26(28(33)35-6)24(27(31)32)14-20-13-17(2)30(18(20)3)21-9-11-23(34-5)12-10-21/h7-15H,1-6H3/b24-14-. The third-order valence-corrected chi connectivity index (χ3v) is 6.71. The number of carbonyl (C=O) groups is 2. The Hall–Kier alpha value is -3.77. The second-order valence-corrected chi connectivity index (χ2v) is 8.85. The number of hydrogen-bond donors (Lipinski definition) is 0. The molecule has 7 heteroatoms. The van der Waals surface area contributed by atoms with Gasteiger partial charge in [-0.15, -0.1) is 0 Å². The summed E-state index contributed by atoms with van der Waals surface area (Å²) in [6.07, 6.45) is 1.76. The number of hydrogen-bond acceptors (Lipinski definition) is 4. The molecule has 6 nitrogen and oxygen atoms in total. The Balaban J connectivity index is 1.83. The summed E-state index contributed by atoms with van der Waals surface area (Å²) in [5.41, 5.74) is 6.24. The van der Waals surface area contributed by atoms with Crippen LogP contribution in [-0.4, -0.2) is 30.7 Å². The van der Waals surface area contributed by atoms with Crippen LogP contribution in [0.4, 0.5) is 5.69 Å². The third-order valence-electron chi connectivity index (χ3n) is 6.30. The van der Waals surface area contributed by atoms with Crippen LogP contribution in [0.25, 0.3) is 11.8 Å². The number of aromatic nitrogens is 1. The molecule has 0 saturated heterocycles. The smallest absolute Gasteiger partial charge is 0.340 e. The predicted molar refractivity (Wildman–Crippen MR) is 138 cm³/mol. The van der Waals surface area contributed by atoms with E-state index in [0.717, 1.165) is 34.0 Å². The van der Waals surface area contributed by atoms with Gasteiger partial charge in [-0.2, -0.15) is 0 Å². The Kier molecular flexibility index (Phi) is 6.59. The maximum Gasteiger partial charge on any atom is 0.340 e. The van der Waals surface area contributed by atoms with Crippen molar-refractivity contribution >= 4 is 35.2 Å². The SMILES string of the molecule is COC(=O)C1=C(C)N(c2ccc(C)c(Cl)c2)C(=O)/C1=C\c1cc(C)n(-c2ccc(OC)cc2)c1C. The highest BCUT2D eigenvalue weighted by molar-refractivity contribution is 6.32. The van der Waals surface area contributed by atoms with Gasteiger partial charge in [0.25, 0.3) is 5.91 Å². The summed E-state index contributed by atoms with van der Waals surface area (Å²) in [6.45, 7) is 7.61. The molecule has 1 amide bonds. The zero-order valence-electron chi connectivity index (χ0n) is 20.6. The highest BCUT2D eigenvalue weighted by Gasteiger charge is 2.38. The Morgan fingerprint density at radius 2 is 1.60 bits per heavy atom. The van der Waals surface area contributed by atoms with Crippen molar-refractivity contribution in [2.24, 2.45) is 0 Å². The summed E-state index contributed by atoms with van der Waals surface area (Å²) < 4.78 is 12.4. The first kappa shape index (κ1) is 24.4. The van der Waals surface area contributed by atoms with Crippen LogP contribution in [0.15, 0.2) is 65.4 Å². The van der Waals surface area contributed by atoms with Crippen molar-refractivity contribution < 1.29 is 19.1 Å². The molecule has 0 N–H and O–H groups in total. The molecule has 2 heterocycles. The van der Waals surface area contributed by atoms with Crippen LogP contribution in [0.2, 0.25) is 5.02 Å². The van der Waals surface area contributed by atoms with Crippen molar-refractivity contribution in [2.75, 3.05) is 19.1 Å². The summed E-state index contributed by atoms with van der Waals surface area (Å²) in [4.78, 5) is 27.9. The molecule has 180 valence electrons. The summed E-state index contributed by atoms with van der Waals surface area (Å²) in [7, 11) is 2.94. The van der Waals surface area contributed by atoms with E-state index in [9.17, 15) is 9.59 Å². The molecule has 0 unspecified atom stereocenters. The lowest BCUT2D eigenvalue weighted by Crippen LogP contribution is -2.24. The first-order chi connectivity index (χ1) is 16.7. The van der Waals surface area contributed by atoms with Gasteiger partial charge in [0.2, 0.25) is 0 Å². The maximum atomic E-state index is 13.6. The van der Waals surface area contributed by atoms with E-state index in [0.29, 0.717) is 16.4 Å². The average Bonchev–Trinajstić information content (AvgIpc) is 3.26. The molecule has 1 aromatic heterocycles. The maximum absolute atomic E-state index is 13.6. The van der Waals surface area contributed by atoms with Gasteiger partial charge in [0.05, 0.1) is 31.1 Å². The number of ether oxygens (including phenoxy) is 2. The second-order valence-electron chi connectivity index (χ2n) is 8.44. The number of allylic oxidation sites excluding steroid dienone is 1. The molecule has 2 aromatic carbocycles. The average molecular weight is 491 g/mol. The number of methoxy groups -OCH3 is 2. The lowest BCUT2D eigenvalue weighted by molar-refractivity contribution is -0.136. The summed E-state index contributed by atoms with van der Waals surface area (Å²) in [5, 5.41) is 0.545. The highest BCUT2D eigenvalue weighted by Crippen LogP contribution is 2.37.